The Labute approximate surface area is 117 Å². The maximum atomic E-state index is 12.5. The van der Waals surface area contributed by atoms with Crippen molar-refractivity contribution in [2.45, 2.75) is 39.5 Å². The second kappa shape index (κ2) is 7.34. The molecule has 2 atom stereocenters. The van der Waals surface area contributed by atoms with Crippen LogP contribution < -0.4 is 5.32 Å². The lowest BCUT2D eigenvalue weighted by atomic mass is 9.96. The van der Waals surface area contributed by atoms with Gasteiger partial charge >= 0.3 is 0 Å². The van der Waals surface area contributed by atoms with Crippen LogP contribution in [0, 0.1) is 17.8 Å². The van der Waals surface area contributed by atoms with Gasteiger partial charge in [-0.05, 0) is 50.6 Å². The van der Waals surface area contributed by atoms with Gasteiger partial charge in [0.25, 0.3) is 0 Å². The van der Waals surface area contributed by atoms with Crippen molar-refractivity contribution in [2.24, 2.45) is 17.8 Å². The number of piperidine rings is 1. The maximum absolute atomic E-state index is 12.5. The van der Waals surface area contributed by atoms with Gasteiger partial charge < -0.3 is 10.2 Å². The Morgan fingerprint density at radius 2 is 1.78 bits per heavy atom. The lowest BCUT2D eigenvalue weighted by Crippen LogP contribution is -2.42. The molecule has 18 heavy (non-hydrogen) atoms. The number of nitrogens with one attached hydrogen (secondary N) is 1. The van der Waals surface area contributed by atoms with Crippen LogP contribution in [-0.4, -0.2) is 37.0 Å². The minimum Gasteiger partial charge on any atom is -0.342 e. The van der Waals surface area contributed by atoms with Crippen molar-refractivity contribution in [2.75, 3.05) is 26.2 Å². The van der Waals surface area contributed by atoms with E-state index in [1.165, 1.54) is 12.8 Å². The zero-order chi connectivity index (χ0) is 12.3. The molecular weight excluding hydrogens is 248 g/mol. The van der Waals surface area contributed by atoms with E-state index in [9.17, 15) is 4.79 Å². The number of carbonyl (C=O) groups excluding carboxylic acids is 1. The van der Waals surface area contributed by atoms with E-state index >= 15 is 0 Å². The van der Waals surface area contributed by atoms with Crippen LogP contribution in [0.5, 0.6) is 0 Å². The number of nitrogens with zero attached hydrogens (tertiary/aromatic N) is 1. The number of hydrogen-bond donors (Lipinski definition) is 1. The van der Waals surface area contributed by atoms with Crippen molar-refractivity contribution in [3.63, 3.8) is 0 Å². The van der Waals surface area contributed by atoms with E-state index in [1.807, 2.05) is 0 Å². The first kappa shape index (κ1) is 15.8. The average Bonchev–Trinajstić information content (AvgIpc) is 2.50. The van der Waals surface area contributed by atoms with Crippen LogP contribution in [0.1, 0.15) is 39.5 Å². The highest BCUT2D eigenvalue weighted by Gasteiger charge is 2.28. The van der Waals surface area contributed by atoms with Gasteiger partial charge in [0.1, 0.15) is 0 Å². The van der Waals surface area contributed by atoms with E-state index in [1.54, 1.807) is 0 Å². The first-order valence-corrected chi connectivity index (χ1v) is 7.16. The molecule has 2 fully saturated rings. The SMILES string of the molecule is CC1CCN(C(=O)C2CCNCC2)CC(C)C1.Cl. The summed E-state index contributed by atoms with van der Waals surface area (Å²) in [5, 5.41) is 3.33. The van der Waals surface area contributed by atoms with Gasteiger partial charge in [-0.15, -0.1) is 12.4 Å². The van der Waals surface area contributed by atoms with E-state index in [4.69, 9.17) is 0 Å². The highest BCUT2D eigenvalue weighted by molar-refractivity contribution is 5.85. The summed E-state index contributed by atoms with van der Waals surface area (Å²) >= 11 is 0. The quantitative estimate of drug-likeness (QED) is 0.796. The molecule has 0 bridgehead atoms. The zero-order valence-electron chi connectivity index (χ0n) is 11.7. The van der Waals surface area contributed by atoms with Gasteiger partial charge in [-0.1, -0.05) is 13.8 Å². The van der Waals surface area contributed by atoms with Crippen molar-refractivity contribution in [1.29, 1.82) is 0 Å². The van der Waals surface area contributed by atoms with Gasteiger partial charge in [-0.3, -0.25) is 4.79 Å². The van der Waals surface area contributed by atoms with Crippen molar-refractivity contribution in [1.82, 2.24) is 10.2 Å². The second-order valence-electron chi connectivity index (χ2n) is 6.04. The summed E-state index contributed by atoms with van der Waals surface area (Å²) in [6.45, 7) is 8.58. The van der Waals surface area contributed by atoms with Crippen molar-refractivity contribution < 1.29 is 4.79 Å². The molecule has 0 spiro atoms. The monoisotopic (exact) mass is 274 g/mol. The summed E-state index contributed by atoms with van der Waals surface area (Å²) in [5.41, 5.74) is 0. The highest BCUT2D eigenvalue weighted by Crippen LogP contribution is 2.24. The van der Waals surface area contributed by atoms with E-state index in [0.29, 0.717) is 11.8 Å². The lowest BCUT2D eigenvalue weighted by Gasteiger charge is -2.29. The molecule has 2 saturated heterocycles. The van der Waals surface area contributed by atoms with Gasteiger partial charge in [0.15, 0.2) is 0 Å². The third kappa shape index (κ3) is 4.13. The van der Waals surface area contributed by atoms with Crippen LogP contribution in [0.25, 0.3) is 0 Å². The minimum atomic E-state index is 0. The van der Waals surface area contributed by atoms with Crippen molar-refractivity contribution in [3.05, 3.63) is 0 Å². The number of hydrogen-bond acceptors (Lipinski definition) is 2. The zero-order valence-corrected chi connectivity index (χ0v) is 12.5. The average molecular weight is 275 g/mol. The predicted octanol–water partition coefficient (Wildman–Crippen LogP) is 2.30. The fourth-order valence-corrected chi connectivity index (χ4v) is 3.25. The summed E-state index contributed by atoms with van der Waals surface area (Å²) in [6.07, 6.45) is 4.51. The Balaban J connectivity index is 0.00000162. The maximum Gasteiger partial charge on any atom is 0.225 e. The molecule has 2 unspecified atom stereocenters. The molecule has 0 aromatic heterocycles. The Morgan fingerprint density at radius 3 is 2.44 bits per heavy atom. The van der Waals surface area contributed by atoms with E-state index in [-0.39, 0.29) is 18.3 Å². The molecule has 2 aliphatic rings. The molecular formula is C14H27ClN2O. The fraction of sp³-hybridized carbons (Fsp3) is 0.929. The van der Waals surface area contributed by atoms with Gasteiger partial charge in [0.05, 0.1) is 0 Å². The Morgan fingerprint density at radius 1 is 1.11 bits per heavy atom. The molecule has 0 aliphatic carbocycles. The molecule has 3 nitrogen and oxygen atoms in total. The van der Waals surface area contributed by atoms with Crippen LogP contribution >= 0.6 is 12.4 Å². The van der Waals surface area contributed by atoms with Crippen LogP contribution in [0.4, 0.5) is 0 Å². The standard InChI is InChI=1S/C14H26N2O.ClH/c1-11-5-8-16(10-12(2)9-11)14(17)13-3-6-15-7-4-13;/h11-13,15H,3-10H2,1-2H3;1H. The highest BCUT2D eigenvalue weighted by atomic mass is 35.5. The van der Waals surface area contributed by atoms with Crippen LogP contribution in [0.3, 0.4) is 0 Å². The largest absolute Gasteiger partial charge is 0.342 e. The predicted molar refractivity (Wildman–Crippen MR) is 77.0 cm³/mol. The summed E-state index contributed by atoms with van der Waals surface area (Å²) in [7, 11) is 0. The van der Waals surface area contributed by atoms with Gasteiger partial charge in [0.2, 0.25) is 5.91 Å². The third-order valence-corrected chi connectivity index (χ3v) is 4.23. The molecule has 2 rings (SSSR count). The smallest absolute Gasteiger partial charge is 0.225 e. The molecule has 1 amide bonds. The van der Waals surface area contributed by atoms with Gasteiger partial charge in [-0.2, -0.15) is 0 Å². The van der Waals surface area contributed by atoms with Crippen LogP contribution in [0.2, 0.25) is 0 Å². The molecule has 0 aromatic rings. The van der Waals surface area contributed by atoms with Gasteiger partial charge in [0, 0.05) is 19.0 Å². The molecule has 0 aromatic carbocycles. The van der Waals surface area contributed by atoms with E-state index < -0.39 is 0 Å². The first-order chi connectivity index (χ1) is 8.16. The topological polar surface area (TPSA) is 32.3 Å². The fourth-order valence-electron chi connectivity index (χ4n) is 3.25. The van der Waals surface area contributed by atoms with Crippen molar-refractivity contribution >= 4 is 18.3 Å². The molecule has 2 aliphatic heterocycles. The normalized spacial score (nSPS) is 30.4. The van der Waals surface area contributed by atoms with E-state index in [2.05, 4.69) is 24.1 Å². The molecule has 0 radical (unpaired) electrons. The summed E-state index contributed by atoms with van der Waals surface area (Å²) in [4.78, 5) is 14.6. The van der Waals surface area contributed by atoms with Crippen molar-refractivity contribution in [3.8, 4) is 0 Å². The summed E-state index contributed by atoms with van der Waals surface area (Å²) in [6, 6.07) is 0. The molecule has 1 N–H and O–H groups in total. The van der Waals surface area contributed by atoms with Crippen LogP contribution in [-0.2, 0) is 4.79 Å². The number of rotatable bonds is 1. The number of likely N-dealkylation sites (tertiary alicyclic amines) is 1. The molecule has 0 saturated carbocycles. The lowest BCUT2D eigenvalue weighted by molar-refractivity contribution is -0.136. The first-order valence-electron chi connectivity index (χ1n) is 7.16. The summed E-state index contributed by atoms with van der Waals surface area (Å²) in [5.74, 6) is 2.15. The molecule has 2 heterocycles. The number of halogens is 1. The second-order valence-corrected chi connectivity index (χ2v) is 6.04. The molecule has 4 heteroatoms. The van der Waals surface area contributed by atoms with E-state index in [0.717, 1.165) is 44.9 Å². The summed E-state index contributed by atoms with van der Waals surface area (Å²) < 4.78 is 0. The Bertz CT molecular complexity index is 267. The number of amides is 1. The molecule has 106 valence electrons. The Kier molecular flexibility index (Phi) is 6.44. The van der Waals surface area contributed by atoms with Gasteiger partial charge in [-0.25, -0.2) is 0 Å². The third-order valence-electron chi connectivity index (χ3n) is 4.23. The Hall–Kier alpha value is -0.280. The minimum absolute atomic E-state index is 0. The van der Waals surface area contributed by atoms with Crippen LogP contribution in [0.15, 0.2) is 0 Å². The number of carbonyl (C=O) groups is 1.